The molecule has 0 aliphatic carbocycles. The van der Waals surface area contributed by atoms with E-state index in [1.165, 1.54) is 18.0 Å². The Hall–Kier alpha value is -2.76. The Labute approximate surface area is 166 Å². The number of hydrogen-bond donors (Lipinski definition) is 1. The number of hydrogen-bond acceptors (Lipinski definition) is 4. The quantitative estimate of drug-likeness (QED) is 0.744. The fourth-order valence-corrected chi connectivity index (χ4v) is 3.51. The first kappa shape index (κ1) is 20.0. The molecule has 3 rings (SSSR count). The summed E-state index contributed by atoms with van der Waals surface area (Å²) in [5.41, 5.74) is 3.08. The van der Waals surface area contributed by atoms with Crippen molar-refractivity contribution in [3.8, 4) is 5.75 Å². The first-order valence-corrected chi connectivity index (χ1v) is 9.97. The minimum atomic E-state index is -0.116. The Morgan fingerprint density at radius 3 is 3.07 bits per heavy atom. The number of carbonyl (C=O) groups excluding carboxylic acids is 1. The smallest absolute Gasteiger partial charge is 0.322 e. The number of anilines is 1. The summed E-state index contributed by atoms with van der Waals surface area (Å²) < 4.78 is 10.8. The number of likely N-dealkylation sites (tertiary alicyclic amines) is 1. The number of nitrogens with zero attached hydrogens (tertiary/aromatic N) is 2. The fourth-order valence-electron chi connectivity index (χ4n) is 3.51. The number of urea groups is 1. The normalized spacial score (nSPS) is 19.5. The molecule has 28 heavy (non-hydrogen) atoms. The molecule has 2 aromatic rings. The van der Waals surface area contributed by atoms with Crippen LogP contribution in [0.3, 0.4) is 0 Å². The molecule has 2 heterocycles. The van der Waals surface area contributed by atoms with Gasteiger partial charge in [-0.05, 0) is 43.4 Å². The van der Waals surface area contributed by atoms with Gasteiger partial charge in [0.2, 0.25) is 0 Å². The van der Waals surface area contributed by atoms with Crippen LogP contribution in [0.4, 0.5) is 10.5 Å². The maximum Gasteiger partial charge on any atom is 0.322 e. The third-order valence-corrected chi connectivity index (χ3v) is 5.01. The zero-order valence-electron chi connectivity index (χ0n) is 16.9. The minimum absolute atomic E-state index is 0.116. The molecule has 0 saturated carbocycles. The van der Waals surface area contributed by atoms with E-state index in [1.807, 2.05) is 17.0 Å². The molecular weight excluding hydrogens is 354 g/mol. The average molecular weight is 383 g/mol. The van der Waals surface area contributed by atoms with Gasteiger partial charge >= 0.3 is 6.03 Å². The second-order valence-corrected chi connectivity index (χ2v) is 7.45. The highest BCUT2D eigenvalue weighted by Gasteiger charge is 2.24. The van der Waals surface area contributed by atoms with Gasteiger partial charge in [-0.1, -0.05) is 49.2 Å². The van der Waals surface area contributed by atoms with Crippen molar-refractivity contribution in [1.82, 2.24) is 10.1 Å². The highest BCUT2D eigenvalue weighted by Crippen LogP contribution is 2.27. The molecule has 1 aromatic heterocycles. The van der Waals surface area contributed by atoms with Gasteiger partial charge in [0.1, 0.15) is 17.7 Å². The SMILES string of the molecule is CCCC(C)Oc1cccc(/C=C2\CCN(C(=O)Nc3cnoc3)CC2C)c1. The van der Waals surface area contributed by atoms with Gasteiger partial charge in [-0.25, -0.2) is 4.79 Å². The standard InChI is InChI=1S/C22H29N3O3/c1-4-6-17(3)28-21-8-5-7-18(12-21)11-19-9-10-25(14-16(19)2)22(26)24-20-13-23-27-15-20/h5,7-8,11-13,15-17H,4,6,9-10,14H2,1-3H3,(H,24,26)/b19-11+. The van der Waals surface area contributed by atoms with Gasteiger partial charge in [0, 0.05) is 13.1 Å². The predicted molar refractivity (Wildman–Crippen MR) is 110 cm³/mol. The van der Waals surface area contributed by atoms with E-state index in [9.17, 15) is 4.79 Å². The lowest BCUT2D eigenvalue weighted by molar-refractivity contribution is 0.198. The van der Waals surface area contributed by atoms with E-state index in [2.05, 4.69) is 49.5 Å². The largest absolute Gasteiger partial charge is 0.491 e. The number of nitrogens with one attached hydrogen (secondary N) is 1. The lowest BCUT2D eigenvalue weighted by Gasteiger charge is -2.33. The van der Waals surface area contributed by atoms with Gasteiger partial charge in [0.25, 0.3) is 0 Å². The van der Waals surface area contributed by atoms with Gasteiger partial charge in [-0.3, -0.25) is 0 Å². The third-order valence-electron chi connectivity index (χ3n) is 5.01. The summed E-state index contributed by atoms with van der Waals surface area (Å²) in [7, 11) is 0. The molecule has 150 valence electrons. The van der Waals surface area contributed by atoms with Crippen LogP contribution in [0.15, 0.2) is 46.8 Å². The zero-order valence-corrected chi connectivity index (χ0v) is 16.9. The van der Waals surface area contributed by atoms with Crippen molar-refractivity contribution in [2.24, 2.45) is 5.92 Å². The highest BCUT2D eigenvalue weighted by molar-refractivity contribution is 5.89. The Morgan fingerprint density at radius 1 is 1.50 bits per heavy atom. The van der Waals surface area contributed by atoms with Crippen LogP contribution < -0.4 is 10.1 Å². The van der Waals surface area contributed by atoms with Gasteiger partial charge < -0.3 is 19.5 Å². The number of amides is 2. The lowest BCUT2D eigenvalue weighted by atomic mass is 9.91. The summed E-state index contributed by atoms with van der Waals surface area (Å²) in [6.45, 7) is 7.82. The number of ether oxygens (including phenoxy) is 1. The summed E-state index contributed by atoms with van der Waals surface area (Å²) in [6.07, 6.45) is 8.39. The molecule has 6 heteroatoms. The molecule has 1 saturated heterocycles. The van der Waals surface area contributed by atoms with Crippen molar-refractivity contribution in [1.29, 1.82) is 0 Å². The Bertz CT molecular complexity index is 801. The number of aromatic nitrogens is 1. The van der Waals surface area contributed by atoms with Crippen molar-refractivity contribution in [3.63, 3.8) is 0 Å². The molecule has 2 unspecified atom stereocenters. The maximum atomic E-state index is 12.4. The lowest BCUT2D eigenvalue weighted by Crippen LogP contribution is -2.42. The Balaban J connectivity index is 1.60. The molecular formula is C22H29N3O3. The van der Waals surface area contributed by atoms with E-state index >= 15 is 0 Å². The van der Waals surface area contributed by atoms with Crippen LogP contribution in [0.5, 0.6) is 5.75 Å². The second-order valence-electron chi connectivity index (χ2n) is 7.45. The Kier molecular flexibility index (Phi) is 6.74. The van der Waals surface area contributed by atoms with Crippen LogP contribution in [0.1, 0.15) is 45.6 Å². The van der Waals surface area contributed by atoms with E-state index < -0.39 is 0 Å². The van der Waals surface area contributed by atoms with E-state index in [4.69, 9.17) is 9.26 Å². The minimum Gasteiger partial charge on any atom is -0.491 e. The van der Waals surface area contributed by atoms with E-state index in [0.717, 1.165) is 30.6 Å². The van der Waals surface area contributed by atoms with E-state index in [-0.39, 0.29) is 12.1 Å². The topological polar surface area (TPSA) is 67.6 Å². The van der Waals surface area contributed by atoms with Gasteiger partial charge in [0.05, 0.1) is 12.3 Å². The monoisotopic (exact) mass is 383 g/mol. The van der Waals surface area contributed by atoms with E-state index in [0.29, 0.717) is 24.7 Å². The molecule has 1 fully saturated rings. The molecule has 1 aliphatic heterocycles. The molecule has 1 N–H and O–H groups in total. The van der Waals surface area contributed by atoms with Crippen LogP contribution in [0.2, 0.25) is 0 Å². The highest BCUT2D eigenvalue weighted by atomic mass is 16.5. The number of rotatable bonds is 6. The van der Waals surface area contributed by atoms with Crippen LogP contribution >= 0.6 is 0 Å². The van der Waals surface area contributed by atoms with Crippen molar-refractivity contribution in [2.75, 3.05) is 18.4 Å². The summed E-state index contributed by atoms with van der Waals surface area (Å²) in [4.78, 5) is 14.2. The van der Waals surface area contributed by atoms with Gasteiger partial charge in [-0.15, -0.1) is 0 Å². The molecule has 0 radical (unpaired) electrons. The fraction of sp³-hybridized carbons (Fsp3) is 0.455. The molecule has 0 bridgehead atoms. The number of benzene rings is 1. The molecule has 1 aliphatic rings. The molecule has 2 amide bonds. The van der Waals surface area contributed by atoms with Crippen LogP contribution in [-0.2, 0) is 0 Å². The number of carbonyl (C=O) groups is 1. The van der Waals surface area contributed by atoms with E-state index in [1.54, 1.807) is 0 Å². The summed E-state index contributed by atoms with van der Waals surface area (Å²) in [6, 6.07) is 8.12. The van der Waals surface area contributed by atoms with Crippen molar-refractivity contribution in [2.45, 2.75) is 46.1 Å². The van der Waals surface area contributed by atoms with Crippen LogP contribution in [0.25, 0.3) is 6.08 Å². The molecule has 2 atom stereocenters. The number of piperidine rings is 1. The van der Waals surface area contributed by atoms with Crippen LogP contribution in [0, 0.1) is 5.92 Å². The molecule has 1 aromatic carbocycles. The maximum absolute atomic E-state index is 12.4. The summed E-state index contributed by atoms with van der Waals surface area (Å²) in [5, 5.41) is 6.41. The molecule has 0 spiro atoms. The van der Waals surface area contributed by atoms with Crippen LogP contribution in [-0.4, -0.2) is 35.3 Å². The zero-order chi connectivity index (χ0) is 19.9. The van der Waals surface area contributed by atoms with Crippen molar-refractivity contribution < 1.29 is 14.1 Å². The summed E-state index contributed by atoms with van der Waals surface area (Å²) >= 11 is 0. The van der Waals surface area contributed by atoms with Crippen molar-refractivity contribution >= 4 is 17.8 Å². The van der Waals surface area contributed by atoms with Gasteiger partial charge in [-0.2, -0.15) is 0 Å². The summed E-state index contributed by atoms with van der Waals surface area (Å²) in [5.74, 6) is 1.21. The second kappa shape index (κ2) is 9.44. The van der Waals surface area contributed by atoms with Crippen molar-refractivity contribution in [3.05, 3.63) is 47.9 Å². The average Bonchev–Trinajstić information content (AvgIpc) is 3.17. The Morgan fingerprint density at radius 2 is 2.36 bits per heavy atom. The third kappa shape index (κ3) is 5.38. The molecule has 6 nitrogen and oxygen atoms in total. The first-order chi connectivity index (χ1) is 13.5. The predicted octanol–water partition coefficient (Wildman–Crippen LogP) is 5.20. The van der Waals surface area contributed by atoms with Gasteiger partial charge in [0.15, 0.2) is 0 Å². The first-order valence-electron chi connectivity index (χ1n) is 9.97.